The lowest BCUT2D eigenvalue weighted by atomic mass is 10.1. The van der Waals surface area contributed by atoms with Crippen LogP contribution in [0.4, 0.5) is 4.39 Å². The van der Waals surface area contributed by atoms with E-state index in [9.17, 15) is 4.39 Å². The molecule has 0 amide bonds. The van der Waals surface area contributed by atoms with Gasteiger partial charge in [-0.3, -0.25) is 4.90 Å². The second kappa shape index (κ2) is 4.71. The van der Waals surface area contributed by atoms with Crippen molar-refractivity contribution in [2.45, 2.75) is 13.5 Å². The van der Waals surface area contributed by atoms with Gasteiger partial charge in [-0.25, -0.2) is 4.39 Å². The third kappa shape index (κ3) is 2.26. The molecule has 2 N–H and O–H groups in total. The van der Waals surface area contributed by atoms with Crippen LogP contribution in [0.1, 0.15) is 11.3 Å². The van der Waals surface area contributed by atoms with Crippen molar-refractivity contribution < 1.29 is 4.39 Å². The van der Waals surface area contributed by atoms with E-state index in [4.69, 9.17) is 0 Å². The third-order valence-electron chi connectivity index (χ3n) is 3.53. The van der Waals surface area contributed by atoms with Crippen LogP contribution in [0.2, 0.25) is 0 Å². The number of aromatic nitrogens is 1. The largest absolute Gasteiger partial charge is 0.359 e. The standard InChI is InChI=1S/C14H18FN3/c1-10-6-11-7-13(15)12(8-14(11)17-10)9-18-4-2-16-3-5-18/h6-8,16-17H,2-5,9H2,1H3. The highest BCUT2D eigenvalue weighted by Crippen LogP contribution is 2.21. The monoisotopic (exact) mass is 247 g/mol. The van der Waals surface area contributed by atoms with Crippen LogP contribution in [0.15, 0.2) is 18.2 Å². The zero-order valence-corrected chi connectivity index (χ0v) is 10.6. The molecule has 1 fully saturated rings. The smallest absolute Gasteiger partial charge is 0.128 e. The predicted molar refractivity (Wildman–Crippen MR) is 71.1 cm³/mol. The molecule has 3 rings (SSSR count). The molecule has 0 bridgehead atoms. The molecule has 4 heteroatoms. The van der Waals surface area contributed by atoms with Gasteiger partial charge in [0, 0.05) is 54.9 Å². The van der Waals surface area contributed by atoms with E-state index in [-0.39, 0.29) is 5.82 Å². The topological polar surface area (TPSA) is 31.1 Å². The Bertz CT molecular complexity index is 555. The van der Waals surface area contributed by atoms with Crippen LogP contribution in [-0.4, -0.2) is 36.1 Å². The number of piperazine rings is 1. The summed E-state index contributed by atoms with van der Waals surface area (Å²) in [5.74, 6) is -0.0972. The molecule has 1 aliphatic heterocycles. The molecular formula is C14H18FN3. The first-order chi connectivity index (χ1) is 8.72. The van der Waals surface area contributed by atoms with E-state index in [0.29, 0.717) is 6.54 Å². The third-order valence-corrected chi connectivity index (χ3v) is 3.53. The summed E-state index contributed by atoms with van der Waals surface area (Å²) in [6.45, 7) is 6.65. The molecule has 0 radical (unpaired) electrons. The summed E-state index contributed by atoms with van der Waals surface area (Å²) in [7, 11) is 0. The Morgan fingerprint density at radius 1 is 1.22 bits per heavy atom. The highest BCUT2D eigenvalue weighted by molar-refractivity contribution is 5.81. The molecule has 0 saturated carbocycles. The van der Waals surface area contributed by atoms with Crippen molar-refractivity contribution in [2.24, 2.45) is 0 Å². The van der Waals surface area contributed by atoms with Gasteiger partial charge in [-0.1, -0.05) is 0 Å². The van der Waals surface area contributed by atoms with Crippen LogP contribution in [0.25, 0.3) is 10.9 Å². The minimum absolute atomic E-state index is 0.0972. The number of aryl methyl sites for hydroxylation is 1. The van der Waals surface area contributed by atoms with Crippen molar-refractivity contribution in [3.63, 3.8) is 0 Å². The SMILES string of the molecule is Cc1cc2cc(F)c(CN3CCNCC3)cc2[nH]1. The van der Waals surface area contributed by atoms with Crippen LogP contribution in [0.5, 0.6) is 0 Å². The lowest BCUT2D eigenvalue weighted by Gasteiger charge is -2.27. The minimum atomic E-state index is -0.0972. The van der Waals surface area contributed by atoms with Crippen molar-refractivity contribution >= 4 is 10.9 Å². The maximum absolute atomic E-state index is 14.0. The fraction of sp³-hybridized carbons (Fsp3) is 0.429. The van der Waals surface area contributed by atoms with Crippen LogP contribution < -0.4 is 5.32 Å². The molecule has 0 aliphatic carbocycles. The highest BCUT2D eigenvalue weighted by Gasteiger charge is 2.13. The number of fused-ring (bicyclic) bond motifs is 1. The van der Waals surface area contributed by atoms with Gasteiger partial charge in [0.05, 0.1) is 0 Å². The second-order valence-electron chi connectivity index (χ2n) is 5.01. The Labute approximate surface area is 106 Å². The maximum Gasteiger partial charge on any atom is 0.128 e. The first kappa shape index (κ1) is 11.7. The number of benzene rings is 1. The van der Waals surface area contributed by atoms with Gasteiger partial charge in [0.1, 0.15) is 5.82 Å². The van der Waals surface area contributed by atoms with Gasteiger partial charge in [0.2, 0.25) is 0 Å². The first-order valence-electron chi connectivity index (χ1n) is 6.43. The molecule has 96 valence electrons. The number of halogens is 1. The zero-order valence-electron chi connectivity index (χ0n) is 10.6. The van der Waals surface area contributed by atoms with Gasteiger partial charge in [0.25, 0.3) is 0 Å². The van der Waals surface area contributed by atoms with Gasteiger partial charge >= 0.3 is 0 Å². The number of hydrogen-bond acceptors (Lipinski definition) is 2. The van der Waals surface area contributed by atoms with Gasteiger partial charge in [-0.2, -0.15) is 0 Å². The van der Waals surface area contributed by atoms with E-state index in [1.165, 1.54) is 0 Å². The molecule has 0 spiro atoms. The van der Waals surface area contributed by atoms with Crippen LogP contribution in [0, 0.1) is 12.7 Å². The molecule has 18 heavy (non-hydrogen) atoms. The number of H-pyrrole nitrogens is 1. The van der Waals surface area contributed by atoms with Crippen molar-refractivity contribution in [2.75, 3.05) is 26.2 Å². The Morgan fingerprint density at radius 2 is 2.00 bits per heavy atom. The summed E-state index contributed by atoms with van der Waals surface area (Å²) in [4.78, 5) is 5.55. The highest BCUT2D eigenvalue weighted by atomic mass is 19.1. The quantitative estimate of drug-likeness (QED) is 0.850. The lowest BCUT2D eigenvalue weighted by molar-refractivity contribution is 0.230. The fourth-order valence-electron chi connectivity index (χ4n) is 2.57. The van der Waals surface area contributed by atoms with Gasteiger partial charge < -0.3 is 10.3 Å². The molecule has 1 aromatic heterocycles. The normalized spacial score (nSPS) is 17.4. The van der Waals surface area contributed by atoms with Crippen LogP contribution in [0.3, 0.4) is 0 Å². The van der Waals surface area contributed by atoms with Gasteiger partial charge in [-0.05, 0) is 25.1 Å². The Morgan fingerprint density at radius 3 is 2.78 bits per heavy atom. The minimum Gasteiger partial charge on any atom is -0.359 e. The second-order valence-corrected chi connectivity index (χ2v) is 5.01. The first-order valence-corrected chi connectivity index (χ1v) is 6.43. The summed E-state index contributed by atoms with van der Waals surface area (Å²) >= 11 is 0. The van der Waals surface area contributed by atoms with Crippen molar-refractivity contribution in [3.8, 4) is 0 Å². The van der Waals surface area contributed by atoms with Crippen molar-refractivity contribution in [1.82, 2.24) is 15.2 Å². The molecular weight excluding hydrogens is 229 g/mol. The van der Waals surface area contributed by atoms with E-state index in [0.717, 1.165) is 48.3 Å². The number of hydrogen-bond donors (Lipinski definition) is 2. The number of nitrogens with one attached hydrogen (secondary N) is 2. The van der Waals surface area contributed by atoms with E-state index < -0.39 is 0 Å². The zero-order chi connectivity index (χ0) is 12.5. The Hall–Kier alpha value is -1.39. The van der Waals surface area contributed by atoms with Crippen LogP contribution >= 0.6 is 0 Å². The molecule has 3 nitrogen and oxygen atoms in total. The molecule has 1 saturated heterocycles. The average molecular weight is 247 g/mol. The molecule has 0 atom stereocenters. The van der Waals surface area contributed by atoms with E-state index in [1.807, 2.05) is 19.1 Å². The van der Waals surface area contributed by atoms with E-state index >= 15 is 0 Å². The summed E-state index contributed by atoms with van der Waals surface area (Å²) in [6, 6.07) is 5.56. The van der Waals surface area contributed by atoms with Crippen LogP contribution in [-0.2, 0) is 6.54 Å². The summed E-state index contributed by atoms with van der Waals surface area (Å²) < 4.78 is 14.0. The Balaban J connectivity index is 1.88. The maximum atomic E-state index is 14.0. The number of rotatable bonds is 2. The van der Waals surface area contributed by atoms with Gasteiger partial charge in [-0.15, -0.1) is 0 Å². The predicted octanol–water partition coefficient (Wildman–Crippen LogP) is 2.02. The van der Waals surface area contributed by atoms with E-state index in [1.54, 1.807) is 6.07 Å². The summed E-state index contributed by atoms with van der Waals surface area (Å²) in [5, 5.41) is 4.26. The van der Waals surface area contributed by atoms with Gasteiger partial charge in [0.15, 0.2) is 0 Å². The summed E-state index contributed by atoms with van der Waals surface area (Å²) in [6.07, 6.45) is 0. The number of aromatic amines is 1. The lowest BCUT2D eigenvalue weighted by Crippen LogP contribution is -2.43. The molecule has 2 heterocycles. The fourth-order valence-corrected chi connectivity index (χ4v) is 2.57. The number of nitrogens with zero attached hydrogens (tertiary/aromatic N) is 1. The molecule has 1 aromatic carbocycles. The van der Waals surface area contributed by atoms with Crippen molar-refractivity contribution in [1.29, 1.82) is 0 Å². The molecule has 0 unspecified atom stereocenters. The average Bonchev–Trinajstić information content (AvgIpc) is 2.70. The molecule has 1 aliphatic rings. The van der Waals surface area contributed by atoms with Crippen molar-refractivity contribution in [3.05, 3.63) is 35.3 Å². The Kier molecular flexibility index (Phi) is 3.06. The summed E-state index contributed by atoms with van der Waals surface area (Å²) in [5.41, 5.74) is 2.88. The van der Waals surface area contributed by atoms with E-state index in [2.05, 4.69) is 15.2 Å². The molecule has 2 aromatic rings.